The smallest absolute Gasteiger partial charge is 0.0237 e. The number of hydrogen-bond acceptors (Lipinski definition) is 2. The molecule has 2 nitrogen and oxygen atoms in total. The zero-order valence-corrected chi connectivity index (χ0v) is 6.28. The van der Waals surface area contributed by atoms with Crippen molar-refractivity contribution in [2.24, 2.45) is 0 Å². The molecular formula is C7H16N2. The summed E-state index contributed by atoms with van der Waals surface area (Å²) >= 11 is 0. The van der Waals surface area contributed by atoms with Gasteiger partial charge in [-0.05, 0) is 19.5 Å². The van der Waals surface area contributed by atoms with E-state index in [1.54, 1.807) is 0 Å². The molecule has 9 heavy (non-hydrogen) atoms. The highest BCUT2D eigenvalue weighted by atomic mass is 15.1. The van der Waals surface area contributed by atoms with E-state index in [1.807, 2.05) is 0 Å². The first kappa shape index (κ1) is 7.03. The van der Waals surface area contributed by atoms with Crippen LogP contribution >= 0.6 is 0 Å². The lowest BCUT2D eigenvalue weighted by Gasteiger charge is -1.99. The molecular weight excluding hydrogens is 112 g/mol. The molecule has 1 fully saturated rings. The monoisotopic (exact) mass is 128 g/mol. The van der Waals surface area contributed by atoms with E-state index in [0.29, 0.717) is 0 Å². The average Bonchev–Trinajstić information content (AvgIpc) is 2.50. The van der Waals surface area contributed by atoms with E-state index in [1.165, 1.54) is 6.42 Å². The molecule has 2 atom stereocenters. The fourth-order valence-electron chi connectivity index (χ4n) is 1.17. The quantitative estimate of drug-likeness (QED) is 0.570. The minimum atomic E-state index is 0.773. The molecule has 0 spiro atoms. The third-order valence-corrected chi connectivity index (χ3v) is 1.72. The van der Waals surface area contributed by atoms with Gasteiger partial charge in [-0.3, -0.25) is 0 Å². The zero-order valence-electron chi connectivity index (χ0n) is 6.28. The Morgan fingerprint density at radius 1 is 1.11 bits per heavy atom. The predicted octanol–water partition coefficient (Wildman–Crippen LogP) is 0.346. The van der Waals surface area contributed by atoms with E-state index in [0.717, 1.165) is 25.2 Å². The number of hydrogen-bond donors (Lipinski definition) is 2. The molecule has 0 heterocycles. The average molecular weight is 128 g/mol. The van der Waals surface area contributed by atoms with Crippen molar-refractivity contribution in [3.05, 3.63) is 0 Å². The van der Waals surface area contributed by atoms with E-state index >= 15 is 0 Å². The fourth-order valence-corrected chi connectivity index (χ4v) is 1.17. The van der Waals surface area contributed by atoms with Gasteiger partial charge in [0.2, 0.25) is 0 Å². The fraction of sp³-hybridized carbons (Fsp3) is 1.00. The van der Waals surface area contributed by atoms with Gasteiger partial charge in [-0.1, -0.05) is 13.8 Å². The molecule has 2 unspecified atom stereocenters. The van der Waals surface area contributed by atoms with Crippen LogP contribution in [-0.2, 0) is 0 Å². The molecule has 2 N–H and O–H groups in total. The molecule has 54 valence electrons. The van der Waals surface area contributed by atoms with Crippen LogP contribution in [0.1, 0.15) is 20.3 Å². The maximum absolute atomic E-state index is 3.39. The van der Waals surface area contributed by atoms with Gasteiger partial charge in [-0.15, -0.1) is 0 Å². The van der Waals surface area contributed by atoms with Crippen LogP contribution in [0.4, 0.5) is 0 Å². The molecule has 0 aliphatic heterocycles. The zero-order chi connectivity index (χ0) is 6.69. The summed E-state index contributed by atoms with van der Waals surface area (Å²) in [4.78, 5) is 0. The van der Waals surface area contributed by atoms with E-state index in [-0.39, 0.29) is 0 Å². The third kappa shape index (κ3) is 1.95. The Hall–Kier alpha value is -0.0800. The highest BCUT2D eigenvalue weighted by Gasteiger charge is 2.34. The van der Waals surface area contributed by atoms with E-state index in [2.05, 4.69) is 24.5 Å². The first-order valence-electron chi connectivity index (χ1n) is 3.85. The maximum atomic E-state index is 3.39. The second-order valence-corrected chi connectivity index (χ2v) is 2.56. The molecule has 0 aromatic rings. The number of nitrogens with one attached hydrogen (secondary N) is 2. The molecule has 0 bridgehead atoms. The van der Waals surface area contributed by atoms with E-state index in [4.69, 9.17) is 0 Å². The molecule has 0 saturated heterocycles. The Morgan fingerprint density at radius 3 is 1.89 bits per heavy atom. The van der Waals surface area contributed by atoms with Crippen LogP contribution in [0.25, 0.3) is 0 Å². The van der Waals surface area contributed by atoms with Gasteiger partial charge in [0.25, 0.3) is 0 Å². The van der Waals surface area contributed by atoms with Crippen molar-refractivity contribution in [3.63, 3.8) is 0 Å². The lowest BCUT2D eigenvalue weighted by Crippen LogP contribution is -2.26. The van der Waals surface area contributed by atoms with Crippen LogP contribution in [0.5, 0.6) is 0 Å². The molecule has 2 heteroatoms. The Bertz CT molecular complexity index is 73.0. The minimum Gasteiger partial charge on any atom is -0.313 e. The second-order valence-electron chi connectivity index (χ2n) is 2.56. The van der Waals surface area contributed by atoms with Crippen molar-refractivity contribution in [3.8, 4) is 0 Å². The third-order valence-electron chi connectivity index (χ3n) is 1.72. The lowest BCUT2D eigenvalue weighted by molar-refractivity contribution is 0.633. The molecule has 0 aromatic heterocycles. The van der Waals surface area contributed by atoms with Crippen molar-refractivity contribution in [2.75, 3.05) is 13.1 Å². The summed E-state index contributed by atoms with van der Waals surface area (Å²) in [6.45, 7) is 6.52. The first-order valence-corrected chi connectivity index (χ1v) is 3.85. The van der Waals surface area contributed by atoms with Gasteiger partial charge in [0.15, 0.2) is 0 Å². The van der Waals surface area contributed by atoms with Crippen LogP contribution < -0.4 is 10.6 Å². The van der Waals surface area contributed by atoms with E-state index in [9.17, 15) is 0 Å². The van der Waals surface area contributed by atoms with Crippen molar-refractivity contribution >= 4 is 0 Å². The minimum absolute atomic E-state index is 0.773. The van der Waals surface area contributed by atoms with Gasteiger partial charge in [0, 0.05) is 12.1 Å². The van der Waals surface area contributed by atoms with Gasteiger partial charge in [-0.25, -0.2) is 0 Å². The van der Waals surface area contributed by atoms with Crippen LogP contribution in [-0.4, -0.2) is 25.2 Å². The molecule has 1 aliphatic carbocycles. The normalized spacial score (nSPS) is 32.7. The molecule has 0 amide bonds. The summed E-state index contributed by atoms with van der Waals surface area (Å²) in [5.74, 6) is 0. The lowest BCUT2D eigenvalue weighted by atomic mass is 10.6. The highest BCUT2D eigenvalue weighted by Crippen LogP contribution is 2.19. The highest BCUT2D eigenvalue weighted by molar-refractivity contribution is 4.98. The summed E-state index contributed by atoms with van der Waals surface area (Å²) in [5, 5.41) is 6.78. The van der Waals surface area contributed by atoms with Crippen LogP contribution in [0, 0.1) is 0 Å². The Kier molecular flexibility index (Phi) is 2.49. The van der Waals surface area contributed by atoms with Crippen molar-refractivity contribution in [2.45, 2.75) is 32.4 Å². The maximum Gasteiger partial charge on any atom is 0.0237 e. The number of rotatable bonds is 4. The second kappa shape index (κ2) is 3.18. The Balaban J connectivity index is 1.96. The van der Waals surface area contributed by atoms with Gasteiger partial charge >= 0.3 is 0 Å². The number of likely N-dealkylation sites (N-methyl/N-ethyl adjacent to an activating group) is 2. The first-order chi connectivity index (χ1) is 4.38. The van der Waals surface area contributed by atoms with Crippen LogP contribution in [0.2, 0.25) is 0 Å². The Labute approximate surface area is 57.0 Å². The molecule has 0 aromatic carbocycles. The molecule has 1 aliphatic rings. The topological polar surface area (TPSA) is 24.1 Å². The van der Waals surface area contributed by atoms with Crippen molar-refractivity contribution < 1.29 is 0 Å². The SMILES string of the molecule is CCNC1CC1NCC. The summed E-state index contributed by atoms with van der Waals surface area (Å²) in [6.07, 6.45) is 1.32. The van der Waals surface area contributed by atoms with Gasteiger partial charge in [0.05, 0.1) is 0 Å². The van der Waals surface area contributed by atoms with Crippen molar-refractivity contribution in [1.29, 1.82) is 0 Å². The summed E-state index contributed by atoms with van der Waals surface area (Å²) < 4.78 is 0. The predicted molar refractivity (Wildman–Crippen MR) is 39.5 cm³/mol. The van der Waals surface area contributed by atoms with E-state index < -0.39 is 0 Å². The molecule has 1 saturated carbocycles. The summed E-state index contributed by atoms with van der Waals surface area (Å²) in [6, 6.07) is 1.55. The van der Waals surface area contributed by atoms with Crippen LogP contribution in [0.15, 0.2) is 0 Å². The largest absolute Gasteiger partial charge is 0.313 e. The van der Waals surface area contributed by atoms with Gasteiger partial charge in [-0.2, -0.15) is 0 Å². The standard InChI is InChI=1S/C7H16N2/c1-3-8-6-5-7(6)9-4-2/h6-9H,3-5H2,1-2H3. The summed E-state index contributed by atoms with van der Waals surface area (Å²) in [5.41, 5.74) is 0. The van der Waals surface area contributed by atoms with Crippen molar-refractivity contribution in [1.82, 2.24) is 10.6 Å². The molecule has 1 rings (SSSR count). The van der Waals surface area contributed by atoms with Gasteiger partial charge in [0.1, 0.15) is 0 Å². The Morgan fingerprint density at radius 2 is 1.56 bits per heavy atom. The summed E-state index contributed by atoms with van der Waals surface area (Å²) in [7, 11) is 0. The van der Waals surface area contributed by atoms with Crippen LogP contribution in [0.3, 0.4) is 0 Å². The molecule has 0 radical (unpaired) electrons. The van der Waals surface area contributed by atoms with Gasteiger partial charge < -0.3 is 10.6 Å².